The van der Waals surface area contributed by atoms with Gasteiger partial charge in [0.25, 0.3) is 0 Å². The molecule has 0 spiro atoms. The van der Waals surface area contributed by atoms with E-state index in [1.165, 1.54) is 20.2 Å². The summed E-state index contributed by atoms with van der Waals surface area (Å²) in [6, 6.07) is 51.5. The molecular formula is C42H23N5S. The first kappa shape index (κ1) is 27.7. The van der Waals surface area contributed by atoms with E-state index in [9.17, 15) is 10.5 Å². The van der Waals surface area contributed by atoms with Crippen LogP contribution in [0.5, 0.6) is 0 Å². The fourth-order valence-electron chi connectivity index (χ4n) is 6.71. The third kappa shape index (κ3) is 4.29. The highest BCUT2D eigenvalue weighted by molar-refractivity contribution is 7.25. The van der Waals surface area contributed by atoms with E-state index in [1.54, 1.807) is 11.3 Å². The molecule has 0 bridgehead atoms. The minimum Gasteiger partial charge on any atom is -0.308 e. The molecule has 6 aromatic carbocycles. The molecule has 0 saturated carbocycles. The van der Waals surface area contributed by atoms with E-state index >= 15 is 0 Å². The summed E-state index contributed by atoms with van der Waals surface area (Å²) in [5.41, 5.74) is 7.07. The van der Waals surface area contributed by atoms with Gasteiger partial charge in [-0.05, 0) is 36.4 Å². The van der Waals surface area contributed by atoms with E-state index in [-0.39, 0.29) is 0 Å². The third-order valence-electron chi connectivity index (χ3n) is 8.90. The highest BCUT2D eigenvalue weighted by atomic mass is 32.1. The Bertz CT molecular complexity index is 2800. The molecule has 9 rings (SSSR count). The van der Waals surface area contributed by atoms with Crippen LogP contribution in [0.3, 0.4) is 0 Å². The zero-order chi connectivity index (χ0) is 32.2. The van der Waals surface area contributed by atoms with E-state index < -0.39 is 0 Å². The van der Waals surface area contributed by atoms with Crippen LogP contribution in [0, 0.1) is 22.7 Å². The third-order valence-corrected chi connectivity index (χ3v) is 10.0. The summed E-state index contributed by atoms with van der Waals surface area (Å²) < 4.78 is 4.64. The van der Waals surface area contributed by atoms with Crippen LogP contribution in [0.15, 0.2) is 140 Å². The van der Waals surface area contributed by atoms with Crippen LogP contribution in [-0.4, -0.2) is 14.5 Å². The number of thiophene rings is 1. The molecule has 222 valence electrons. The summed E-state index contributed by atoms with van der Waals surface area (Å²) in [5, 5.41) is 25.9. The zero-order valence-corrected chi connectivity index (χ0v) is 26.2. The average molecular weight is 630 g/mol. The molecule has 0 aliphatic heterocycles. The van der Waals surface area contributed by atoms with Crippen molar-refractivity contribution in [1.29, 1.82) is 10.5 Å². The number of nitriles is 2. The molecule has 0 amide bonds. The van der Waals surface area contributed by atoms with Crippen LogP contribution in [0.4, 0.5) is 0 Å². The SMILES string of the molecule is N#Cc1cc(-c2nc(-c3ccccc3)nc(-c3ccccc3)c2C#N)ccc1-n1c2ccccc2c2cc3c(cc21)sc1ccccc13. The molecule has 0 N–H and O–H groups in total. The zero-order valence-electron chi connectivity index (χ0n) is 25.4. The van der Waals surface area contributed by atoms with Gasteiger partial charge in [0.1, 0.15) is 17.7 Å². The number of aromatic nitrogens is 3. The van der Waals surface area contributed by atoms with Gasteiger partial charge in [0.2, 0.25) is 0 Å². The first-order valence-electron chi connectivity index (χ1n) is 15.5. The molecule has 0 atom stereocenters. The number of para-hydroxylation sites is 1. The Labute approximate surface area is 279 Å². The Kier molecular flexibility index (Phi) is 6.36. The first-order chi connectivity index (χ1) is 23.7. The van der Waals surface area contributed by atoms with Crippen molar-refractivity contribution in [2.45, 2.75) is 0 Å². The van der Waals surface area contributed by atoms with Gasteiger partial charge in [-0.1, -0.05) is 103 Å². The Morgan fingerprint density at radius 2 is 1.17 bits per heavy atom. The summed E-state index contributed by atoms with van der Waals surface area (Å²) >= 11 is 1.78. The van der Waals surface area contributed by atoms with Crippen LogP contribution < -0.4 is 0 Å². The van der Waals surface area contributed by atoms with Crippen molar-refractivity contribution in [2.75, 3.05) is 0 Å². The smallest absolute Gasteiger partial charge is 0.160 e. The van der Waals surface area contributed by atoms with E-state index in [0.717, 1.165) is 38.6 Å². The minimum absolute atomic E-state index is 0.363. The topological polar surface area (TPSA) is 78.3 Å². The fourth-order valence-corrected chi connectivity index (χ4v) is 7.83. The molecule has 0 saturated heterocycles. The lowest BCUT2D eigenvalue weighted by atomic mass is 9.98. The van der Waals surface area contributed by atoms with Gasteiger partial charge in [0.05, 0.1) is 33.7 Å². The second-order valence-electron chi connectivity index (χ2n) is 11.6. The van der Waals surface area contributed by atoms with Gasteiger partial charge >= 0.3 is 0 Å². The molecule has 3 heterocycles. The average Bonchev–Trinajstić information content (AvgIpc) is 3.68. The Morgan fingerprint density at radius 1 is 0.500 bits per heavy atom. The van der Waals surface area contributed by atoms with Gasteiger partial charge in [-0.25, -0.2) is 9.97 Å². The second kappa shape index (κ2) is 11.0. The molecule has 5 nitrogen and oxygen atoms in total. The number of nitrogens with zero attached hydrogens (tertiary/aromatic N) is 5. The summed E-state index contributed by atoms with van der Waals surface area (Å²) in [4.78, 5) is 9.82. The lowest BCUT2D eigenvalue weighted by molar-refractivity contribution is 1.15. The number of fused-ring (bicyclic) bond motifs is 6. The Hall–Kier alpha value is -6.60. The first-order valence-corrected chi connectivity index (χ1v) is 16.4. The highest BCUT2D eigenvalue weighted by Crippen LogP contribution is 2.41. The highest BCUT2D eigenvalue weighted by Gasteiger charge is 2.21. The lowest BCUT2D eigenvalue weighted by Crippen LogP contribution is -2.02. The van der Waals surface area contributed by atoms with Crippen molar-refractivity contribution in [3.8, 4) is 51.7 Å². The van der Waals surface area contributed by atoms with Crippen LogP contribution in [0.2, 0.25) is 0 Å². The monoisotopic (exact) mass is 629 g/mol. The standard InChI is InChI=1S/C42H23N5S/c43-24-29-21-28(41-34(25-44)40(26-11-3-1-4-12-26)45-42(46-41)27-13-5-2-6-14-27)19-20-35(29)47-36-17-9-7-15-30(36)32-22-33-31-16-8-10-18-38(31)48-39(33)23-37(32)47/h1-23H. The number of benzene rings is 6. The van der Waals surface area contributed by atoms with Crippen molar-refractivity contribution in [3.05, 3.63) is 151 Å². The molecule has 6 heteroatoms. The predicted molar refractivity (Wildman–Crippen MR) is 195 cm³/mol. The maximum absolute atomic E-state index is 10.6. The Morgan fingerprint density at radius 3 is 1.92 bits per heavy atom. The minimum atomic E-state index is 0.363. The van der Waals surface area contributed by atoms with Crippen LogP contribution in [0.25, 0.3) is 81.6 Å². The summed E-state index contributed by atoms with van der Waals surface area (Å²) in [6.07, 6.45) is 0. The van der Waals surface area contributed by atoms with Crippen LogP contribution in [0.1, 0.15) is 11.1 Å². The summed E-state index contributed by atoms with van der Waals surface area (Å²) in [5.74, 6) is 0.515. The molecule has 0 fully saturated rings. The molecule has 9 aromatic rings. The van der Waals surface area contributed by atoms with Crippen molar-refractivity contribution in [1.82, 2.24) is 14.5 Å². The van der Waals surface area contributed by atoms with E-state index in [1.807, 2.05) is 84.9 Å². The number of rotatable bonds is 4. The van der Waals surface area contributed by atoms with E-state index in [4.69, 9.17) is 9.97 Å². The molecular weight excluding hydrogens is 607 g/mol. The molecule has 0 aliphatic rings. The molecule has 0 radical (unpaired) electrons. The van der Waals surface area contributed by atoms with Gasteiger partial charge in [0.15, 0.2) is 5.82 Å². The second-order valence-corrected chi connectivity index (χ2v) is 12.7. The molecule has 48 heavy (non-hydrogen) atoms. The molecule has 3 aromatic heterocycles. The summed E-state index contributed by atoms with van der Waals surface area (Å²) in [7, 11) is 0. The maximum Gasteiger partial charge on any atom is 0.160 e. The Balaban J connectivity index is 1.29. The van der Waals surface area contributed by atoms with Gasteiger partial charge in [-0.2, -0.15) is 10.5 Å². The number of hydrogen-bond acceptors (Lipinski definition) is 5. The fraction of sp³-hybridized carbons (Fsp3) is 0. The molecule has 0 unspecified atom stereocenters. The van der Waals surface area contributed by atoms with E-state index in [0.29, 0.717) is 33.9 Å². The number of hydrogen-bond donors (Lipinski definition) is 0. The van der Waals surface area contributed by atoms with E-state index in [2.05, 4.69) is 71.3 Å². The van der Waals surface area contributed by atoms with Crippen LogP contribution >= 0.6 is 11.3 Å². The van der Waals surface area contributed by atoms with Gasteiger partial charge in [-0.3, -0.25) is 0 Å². The van der Waals surface area contributed by atoms with Gasteiger partial charge in [0, 0.05) is 47.6 Å². The quantitative estimate of drug-likeness (QED) is 0.194. The summed E-state index contributed by atoms with van der Waals surface area (Å²) in [6.45, 7) is 0. The predicted octanol–water partition coefficient (Wildman–Crippen LogP) is 10.7. The van der Waals surface area contributed by atoms with Crippen molar-refractivity contribution >= 4 is 53.3 Å². The van der Waals surface area contributed by atoms with Crippen molar-refractivity contribution < 1.29 is 0 Å². The lowest BCUT2D eigenvalue weighted by Gasteiger charge is -2.14. The van der Waals surface area contributed by atoms with Crippen molar-refractivity contribution in [2.24, 2.45) is 0 Å². The van der Waals surface area contributed by atoms with Gasteiger partial charge in [-0.15, -0.1) is 11.3 Å². The largest absolute Gasteiger partial charge is 0.308 e. The maximum atomic E-state index is 10.6. The van der Waals surface area contributed by atoms with Crippen molar-refractivity contribution in [3.63, 3.8) is 0 Å². The van der Waals surface area contributed by atoms with Crippen LogP contribution in [-0.2, 0) is 0 Å². The van der Waals surface area contributed by atoms with Gasteiger partial charge < -0.3 is 4.57 Å². The normalized spacial score (nSPS) is 11.3. The molecule has 0 aliphatic carbocycles.